The molecule has 1 aromatic carbocycles. The molecule has 0 radical (unpaired) electrons. The van der Waals surface area contributed by atoms with Gasteiger partial charge in [0.05, 0.1) is 0 Å². The number of hydrogen-bond donors (Lipinski definition) is 2. The quantitative estimate of drug-likeness (QED) is 0.850. The standard InChI is InChI=1S/C13H21NO.ClH/c1-9(2)4-6-12(14)11-5-7-13(15)10(3)8-11;/h5,7-9,12,15H,4,6,14H2,1-3H3;1H/t12-;/m0./s1. The summed E-state index contributed by atoms with van der Waals surface area (Å²) in [7, 11) is 0. The van der Waals surface area contributed by atoms with Gasteiger partial charge in [0.1, 0.15) is 5.75 Å². The number of aromatic hydroxyl groups is 1. The number of phenolic OH excluding ortho intramolecular Hbond substituents is 1. The first-order chi connectivity index (χ1) is 7.00. The first kappa shape index (κ1) is 15.3. The van der Waals surface area contributed by atoms with E-state index in [2.05, 4.69) is 13.8 Å². The molecule has 0 saturated heterocycles. The summed E-state index contributed by atoms with van der Waals surface area (Å²) < 4.78 is 0. The zero-order valence-electron chi connectivity index (χ0n) is 10.2. The third-order valence-corrected chi connectivity index (χ3v) is 2.70. The molecule has 92 valence electrons. The lowest BCUT2D eigenvalue weighted by Gasteiger charge is -2.14. The van der Waals surface area contributed by atoms with Crippen molar-refractivity contribution in [3.8, 4) is 5.75 Å². The highest BCUT2D eigenvalue weighted by Crippen LogP contribution is 2.23. The van der Waals surface area contributed by atoms with Crippen molar-refractivity contribution in [2.75, 3.05) is 0 Å². The van der Waals surface area contributed by atoms with Crippen LogP contribution in [0.25, 0.3) is 0 Å². The van der Waals surface area contributed by atoms with Gasteiger partial charge in [-0.25, -0.2) is 0 Å². The highest BCUT2D eigenvalue weighted by Gasteiger charge is 2.08. The lowest BCUT2D eigenvalue weighted by molar-refractivity contribution is 0.469. The fraction of sp³-hybridized carbons (Fsp3) is 0.538. The van der Waals surface area contributed by atoms with E-state index in [0.29, 0.717) is 11.7 Å². The fourth-order valence-electron chi connectivity index (χ4n) is 1.59. The van der Waals surface area contributed by atoms with Gasteiger partial charge in [-0.15, -0.1) is 12.4 Å². The molecule has 0 aliphatic rings. The predicted molar refractivity (Wildman–Crippen MR) is 71.1 cm³/mol. The van der Waals surface area contributed by atoms with E-state index >= 15 is 0 Å². The summed E-state index contributed by atoms with van der Waals surface area (Å²) in [6.45, 7) is 6.30. The summed E-state index contributed by atoms with van der Waals surface area (Å²) in [5, 5.41) is 9.40. The molecule has 16 heavy (non-hydrogen) atoms. The number of hydrogen-bond acceptors (Lipinski definition) is 2. The Morgan fingerprint density at radius 3 is 2.38 bits per heavy atom. The van der Waals surface area contributed by atoms with Crippen LogP contribution >= 0.6 is 12.4 Å². The van der Waals surface area contributed by atoms with Gasteiger partial charge in [0.2, 0.25) is 0 Å². The minimum Gasteiger partial charge on any atom is -0.508 e. The summed E-state index contributed by atoms with van der Waals surface area (Å²) in [6, 6.07) is 5.69. The monoisotopic (exact) mass is 243 g/mol. The molecule has 2 nitrogen and oxygen atoms in total. The van der Waals surface area contributed by atoms with Gasteiger partial charge in [-0.1, -0.05) is 26.0 Å². The fourth-order valence-corrected chi connectivity index (χ4v) is 1.59. The Morgan fingerprint density at radius 2 is 1.88 bits per heavy atom. The first-order valence-corrected chi connectivity index (χ1v) is 5.55. The number of phenols is 1. The van der Waals surface area contributed by atoms with Gasteiger partial charge in [0, 0.05) is 6.04 Å². The van der Waals surface area contributed by atoms with Gasteiger partial charge < -0.3 is 10.8 Å². The minimum atomic E-state index is 0. The van der Waals surface area contributed by atoms with Gasteiger partial charge in [-0.05, 0) is 42.9 Å². The van der Waals surface area contributed by atoms with E-state index in [1.54, 1.807) is 6.07 Å². The van der Waals surface area contributed by atoms with Crippen LogP contribution in [0.5, 0.6) is 5.75 Å². The summed E-state index contributed by atoms with van der Waals surface area (Å²) >= 11 is 0. The summed E-state index contributed by atoms with van der Waals surface area (Å²) in [5.74, 6) is 1.03. The highest BCUT2D eigenvalue weighted by molar-refractivity contribution is 5.85. The zero-order chi connectivity index (χ0) is 11.4. The summed E-state index contributed by atoms with van der Waals surface area (Å²) in [4.78, 5) is 0. The molecule has 0 aliphatic heterocycles. The van der Waals surface area contributed by atoms with Crippen LogP contribution in [-0.4, -0.2) is 5.11 Å². The van der Waals surface area contributed by atoms with Crippen LogP contribution < -0.4 is 5.73 Å². The normalized spacial score (nSPS) is 12.3. The van der Waals surface area contributed by atoms with Crippen LogP contribution in [0.1, 0.15) is 43.9 Å². The second-order valence-corrected chi connectivity index (χ2v) is 4.62. The van der Waals surface area contributed by atoms with Crippen molar-refractivity contribution in [3.63, 3.8) is 0 Å². The number of rotatable bonds is 4. The van der Waals surface area contributed by atoms with Gasteiger partial charge in [0.15, 0.2) is 0 Å². The molecule has 1 rings (SSSR count). The molecule has 0 amide bonds. The largest absolute Gasteiger partial charge is 0.508 e. The van der Waals surface area contributed by atoms with Crippen LogP contribution in [-0.2, 0) is 0 Å². The average molecular weight is 244 g/mol. The number of halogens is 1. The predicted octanol–water partition coefficient (Wildman–Crippen LogP) is 3.56. The Bertz CT molecular complexity index is 326. The Kier molecular flexibility index (Phi) is 6.46. The molecular formula is C13H22ClNO. The molecule has 0 unspecified atom stereocenters. The van der Waals surface area contributed by atoms with Crippen molar-refractivity contribution in [2.24, 2.45) is 11.7 Å². The van der Waals surface area contributed by atoms with Crippen LogP contribution in [0.3, 0.4) is 0 Å². The van der Waals surface area contributed by atoms with Crippen LogP contribution in [0.2, 0.25) is 0 Å². The van der Waals surface area contributed by atoms with Crippen LogP contribution in [0.15, 0.2) is 18.2 Å². The van der Waals surface area contributed by atoms with E-state index in [1.165, 1.54) is 0 Å². The zero-order valence-corrected chi connectivity index (χ0v) is 11.1. The van der Waals surface area contributed by atoms with Crippen LogP contribution in [0, 0.1) is 12.8 Å². The van der Waals surface area contributed by atoms with Crippen molar-refractivity contribution in [1.82, 2.24) is 0 Å². The summed E-state index contributed by atoms with van der Waals surface area (Å²) in [5.41, 5.74) is 8.09. The van der Waals surface area contributed by atoms with Crippen molar-refractivity contribution >= 4 is 12.4 Å². The molecule has 0 fully saturated rings. The van der Waals surface area contributed by atoms with E-state index in [4.69, 9.17) is 5.73 Å². The van der Waals surface area contributed by atoms with Crippen molar-refractivity contribution in [3.05, 3.63) is 29.3 Å². The molecule has 0 aliphatic carbocycles. The lowest BCUT2D eigenvalue weighted by Crippen LogP contribution is -2.11. The van der Waals surface area contributed by atoms with E-state index in [0.717, 1.165) is 24.0 Å². The average Bonchev–Trinajstić information content (AvgIpc) is 2.18. The number of aryl methyl sites for hydroxylation is 1. The molecule has 1 aromatic rings. The molecule has 0 saturated carbocycles. The molecular weight excluding hydrogens is 222 g/mol. The maximum absolute atomic E-state index is 9.40. The van der Waals surface area contributed by atoms with E-state index in [1.807, 2.05) is 19.1 Å². The lowest BCUT2D eigenvalue weighted by atomic mass is 9.97. The maximum Gasteiger partial charge on any atom is 0.118 e. The Labute approximate surface area is 104 Å². The van der Waals surface area contributed by atoms with Gasteiger partial charge in [-0.3, -0.25) is 0 Å². The van der Waals surface area contributed by atoms with E-state index in [-0.39, 0.29) is 18.4 Å². The van der Waals surface area contributed by atoms with Gasteiger partial charge in [0.25, 0.3) is 0 Å². The molecule has 1 atom stereocenters. The molecule has 0 aromatic heterocycles. The topological polar surface area (TPSA) is 46.2 Å². The molecule has 0 spiro atoms. The first-order valence-electron chi connectivity index (χ1n) is 5.55. The Balaban J connectivity index is 0.00000225. The van der Waals surface area contributed by atoms with E-state index < -0.39 is 0 Å². The van der Waals surface area contributed by atoms with Crippen molar-refractivity contribution in [1.29, 1.82) is 0 Å². The number of benzene rings is 1. The molecule has 0 bridgehead atoms. The Hall–Kier alpha value is -0.730. The second-order valence-electron chi connectivity index (χ2n) is 4.62. The van der Waals surface area contributed by atoms with Crippen molar-refractivity contribution < 1.29 is 5.11 Å². The summed E-state index contributed by atoms with van der Waals surface area (Å²) in [6.07, 6.45) is 2.14. The SMILES string of the molecule is Cc1cc([C@@H](N)CCC(C)C)ccc1O.Cl. The third-order valence-electron chi connectivity index (χ3n) is 2.70. The van der Waals surface area contributed by atoms with Crippen LogP contribution in [0.4, 0.5) is 0 Å². The highest BCUT2D eigenvalue weighted by atomic mass is 35.5. The second kappa shape index (κ2) is 6.77. The van der Waals surface area contributed by atoms with E-state index in [9.17, 15) is 5.11 Å². The molecule has 0 heterocycles. The smallest absolute Gasteiger partial charge is 0.118 e. The number of nitrogens with two attached hydrogens (primary N) is 1. The molecule has 3 N–H and O–H groups in total. The van der Waals surface area contributed by atoms with Gasteiger partial charge >= 0.3 is 0 Å². The third kappa shape index (κ3) is 4.42. The Morgan fingerprint density at radius 1 is 1.25 bits per heavy atom. The minimum absolute atomic E-state index is 0. The van der Waals surface area contributed by atoms with Crippen molar-refractivity contribution in [2.45, 2.75) is 39.7 Å². The van der Waals surface area contributed by atoms with Gasteiger partial charge in [-0.2, -0.15) is 0 Å². The maximum atomic E-state index is 9.40. The molecule has 3 heteroatoms.